The van der Waals surface area contributed by atoms with E-state index in [-0.39, 0.29) is 47.8 Å². The van der Waals surface area contributed by atoms with Crippen LogP contribution < -0.4 is 14.8 Å². The van der Waals surface area contributed by atoms with Gasteiger partial charge in [-0.25, -0.2) is 22.3 Å². The summed E-state index contributed by atoms with van der Waals surface area (Å²) in [7, 11) is -2.13. The number of hydrogen-bond acceptors (Lipinski definition) is 6. The number of amides is 2. The van der Waals surface area contributed by atoms with Crippen molar-refractivity contribution in [1.29, 1.82) is 0 Å². The molecule has 0 bridgehead atoms. The van der Waals surface area contributed by atoms with Gasteiger partial charge in [0.15, 0.2) is 0 Å². The molecule has 1 unspecified atom stereocenters. The minimum Gasteiger partial charge on any atom is -0.492 e. The van der Waals surface area contributed by atoms with Gasteiger partial charge < -0.3 is 25.0 Å². The lowest BCUT2D eigenvalue weighted by atomic mass is 9.78. The lowest BCUT2D eigenvalue weighted by Gasteiger charge is -2.44. The van der Waals surface area contributed by atoms with E-state index in [1.165, 1.54) is 12.1 Å². The molecule has 2 aliphatic rings. The normalized spacial score (nSPS) is 22.2. The second-order valence-electron chi connectivity index (χ2n) is 10.7. The van der Waals surface area contributed by atoms with Crippen LogP contribution in [-0.4, -0.2) is 87.9 Å². The zero-order chi connectivity index (χ0) is 27.5. The molecular weight excluding hydrogens is 511 g/mol. The Morgan fingerprint density at radius 1 is 1.21 bits per heavy atom. The molecule has 0 aromatic heterocycles. The van der Waals surface area contributed by atoms with Crippen molar-refractivity contribution in [3.63, 3.8) is 0 Å². The Morgan fingerprint density at radius 2 is 1.92 bits per heavy atom. The SMILES string of the molecule is CC(C)NC(=O)N1CCC2(CC1)COc1cc(-c3ccccc3F)ccc1S(=O)(=O)NCC(O)CN(C)C2. The van der Waals surface area contributed by atoms with Gasteiger partial charge in [0, 0.05) is 49.7 Å². The predicted octanol–water partition coefficient (Wildman–Crippen LogP) is 2.66. The molecule has 1 fully saturated rings. The van der Waals surface area contributed by atoms with Crippen molar-refractivity contribution in [2.24, 2.45) is 5.41 Å². The number of piperidine rings is 1. The molecular formula is C27H37FN4O5S. The number of urea groups is 1. The molecule has 11 heteroatoms. The van der Waals surface area contributed by atoms with Gasteiger partial charge in [-0.1, -0.05) is 24.3 Å². The molecule has 3 N–H and O–H groups in total. The van der Waals surface area contributed by atoms with E-state index in [1.54, 1.807) is 35.2 Å². The van der Waals surface area contributed by atoms with Gasteiger partial charge in [0.2, 0.25) is 10.0 Å². The van der Waals surface area contributed by atoms with Crippen LogP contribution in [0.15, 0.2) is 47.4 Å². The van der Waals surface area contributed by atoms with Crippen molar-refractivity contribution in [2.75, 3.05) is 46.4 Å². The third kappa shape index (κ3) is 6.63. The average Bonchev–Trinajstić information content (AvgIpc) is 2.86. The number of carbonyl (C=O) groups excluding carboxylic acids is 1. The Kier molecular flexibility index (Phi) is 8.61. The number of sulfonamides is 1. The van der Waals surface area contributed by atoms with Crippen LogP contribution in [0.5, 0.6) is 5.75 Å². The van der Waals surface area contributed by atoms with Crippen LogP contribution in [0.25, 0.3) is 11.1 Å². The summed E-state index contributed by atoms with van der Waals surface area (Å²) in [5.74, 6) is -0.301. The molecule has 2 amide bonds. The van der Waals surface area contributed by atoms with E-state index in [0.29, 0.717) is 43.6 Å². The Bertz CT molecular complexity index is 1250. The van der Waals surface area contributed by atoms with Crippen LogP contribution in [0.4, 0.5) is 9.18 Å². The summed E-state index contributed by atoms with van der Waals surface area (Å²) in [6.45, 7) is 5.81. The van der Waals surface area contributed by atoms with E-state index in [9.17, 15) is 22.7 Å². The number of aliphatic hydroxyl groups is 1. The summed E-state index contributed by atoms with van der Waals surface area (Å²) in [6.07, 6.45) is 0.378. The van der Waals surface area contributed by atoms with E-state index in [2.05, 4.69) is 10.0 Å². The maximum absolute atomic E-state index is 14.5. The van der Waals surface area contributed by atoms with Gasteiger partial charge in [-0.3, -0.25) is 0 Å². The van der Waals surface area contributed by atoms with Gasteiger partial charge in [-0.05, 0) is 57.5 Å². The molecule has 0 aliphatic carbocycles. The second-order valence-corrected chi connectivity index (χ2v) is 12.5. The standard InChI is InChI=1S/C27H37FN4O5S/c1-19(2)30-26(34)32-12-10-27(11-13-32)17-31(3)16-21(33)15-29-38(35,36)25-9-8-20(14-24(25)37-18-27)22-6-4-5-7-23(22)28/h4-9,14,19,21,29,33H,10-13,15-18H2,1-3H3,(H,30,34). The van der Waals surface area contributed by atoms with Crippen molar-refractivity contribution < 1.29 is 27.4 Å². The number of aliphatic hydroxyl groups excluding tert-OH is 1. The monoisotopic (exact) mass is 548 g/mol. The van der Waals surface area contributed by atoms with Crippen LogP contribution in [0.3, 0.4) is 0 Å². The van der Waals surface area contributed by atoms with Crippen molar-refractivity contribution in [3.05, 3.63) is 48.3 Å². The van der Waals surface area contributed by atoms with Crippen LogP contribution in [0, 0.1) is 11.2 Å². The predicted molar refractivity (Wildman–Crippen MR) is 143 cm³/mol. The van der Waals surface area contributed by atoms with Gasteiger partial charge >= 0.3 is 6.03 Å². The Balaban J connectivity index is 1.67. The molecule has 1 spiro atoms. The molecule has 0 saturated carbocycles. The number of hydrogen-bond donors (Lipinski definition) is 3. The van der Waals surface area contributed by atoms with Crippen LogP contribution in [0.1, 0.15) is 26.7 Å². The highest BCUT2D eigenvalue weighted by Crippen LogP contribution is 2.37. The fourth-order valence-electron chi connectivity index (χ4n) is 5.15. The molecule has 9 nitrogen and oxygen atoms in total. The first kappa shape index (κ1) is 28.3. The van der Waals surface area contributed by atoms with Crippen LogP contribution >= 0.6 is 0 Å². The summed E-state index contributed by atoms with van der Waals surface area (Å²) < 4.78 is 49.6. The summed E-state index contributed by atoms with van der Waals surface area (Å²) in [5.41, 5.74) is 0.449. The fraction of sp³-hybridized carbons (Fsp3) is 0.519. The third-order valence-corrected chi connectivity index (χ3v) is 8.58. The Hall–Kier alpha value is -2.73. The summed E-state index contributed by atoms with van der Waals surface area (Å²) in [4.78, 5) is 16.3. The van der Waals surface area contributed by atoms with Gasteiger partial charge in [-0.2, -0.15) is 0 Å². The lowest BCUT2D eigenvalue weighted by molar-refractivity contribution is 0.0241. The number of carbonyl (C=O) groups is 1. The number of rotatable bonds is 2. The minimum atomic E-state index is -4.01. The molecule has 1 saturated heterocycles. The van der Waals surface area contributed by atoms with E-state index in [1.807, 2.05) is 25.8 Å². The van der Waals surface area contributed by atoms with Gasteiger partial charge in [-0.15, -0.1) is 0 Å². The number of likely N-dealkylation sites (tertiary alicyclic amines) is 1. The Labute approximate surface area is 224 Å². The van der Waals surface area contributed by atoms with E-state index >= 15 is 0 Å². The maximum atomic E-state index is 14.5. The number of ether oxygens (including phenoxy) is 1. The first-order valence-corrected chi connectivity index (χ1v) is 14.4. The average molecular weight is 549 g/mol. The summed E-state index contributed by atoms with van der Waals surface area (Å²) in [5, 5.41) is 13.5. The Morgan fingerprint density at radius 3 is 2.61 bits per heavy atom. The highest BCUT2D eigenvalue weighted by molar-refractivity contribution is 7.89. The largest absolute Gasteiger partial charge is 0.492 e. The first-order chi connectivity index (χ1) is 18.0. The van der Waals surface area contributed by atoms with Crippen molar-refractivity contribution >= 4 is 16.1 Å². The zero-order valence-corrected chi connectivity index (χ0v) is 22.9. The van der Waals surface area contributed by atoms with Gasteiger partial charge in [0.05, 0.1) is 12.7 Å². The summed E-state index contributed by atoms with van der Waals surface area (Å²) >= 11 is 0. The molecule has 38 heavy (non-hydrogen) atoms. The maximum Gasteiger partial charge on any atom is 0.317 e. The minimum absolute atomic E-state index is 0.0337. The third-order valence-electron chi connectivity index (χ3n) is 7.11. The van der Waals surface area contributed by atoms with E-state index in [0.717, 1.165) is 0 Å². The number of nitrogens with one attached hydrogen (secondary N) is 2. The van der Waals surface area contributed by atoms with E-state index in [4.69, 9.17) is 4.74 Å². The quantitative estimate of drug-likeness (QED) is 0.532. The van der Waals surface area contributed by atoms with Crippen molar-refractivity contribution in [2.45, 2.75) is 43.7 Å². The first-order valence-electron chi connectivity index (χ1n) is 12.9. The zero-order valence-electron chi connectivity index (χ0n) is 22.1. The smallest absolute Gasteiger partial charge is 0.317 e. The molecule has 0 radical (unpaired) electrons. The molecule has 208 valence electrons. The van der Waals surface area contributed by atoms with Crippen LogP contribution in [-0.2, 0) is 10.0 Å². The highest BCUT2D eigenvalue weighted by Gasteiger charge is 2.39. The highest BCUT2D eigenvalue weighted by atomic mass is 32.2. The number of benzene rings is 2. The number of halogens is 1. The van der Waals surface area contributed by atoms with Crippen molar-refractivity contribution in [3.8, 4) is 16.9 Å². The number of fused-ring (bicyclic) bond motifs is 1. The number of β-amino-alcohol motifs (C(OH)–C–C–N with tert-alkyl or cyclic N) is 1. The fourth-order valence-corrected chi connectivity index (χ4v) is 6.35. The van der Waals surface area contributed by atoms with E-state index < -0.39 is 21.9 Å². The molecule has 2 aromatic rings. The van der Waals surface area contributed by atoms with Gasteiger partial charge in [0.25, 0.3) is 0 Å². The molecule has 2 heterocycles. The number of nitrogens with zero attached hydrogens (tertiary/aromatic N) is 2. The second kappa shape index (κ2) is 11.6. The molecule has 1 atom stereocenters. The topological polar surface area (TPSA) is 111 Å². The molecule has 2 aromatic carbocycles. The van der Waals surface area contributed by atoms with Crippen LogP contribution in [0.2, 0.25) is 0 Å². The lowest BCUT2D eigenvalue weighted by Crippen LogP contribution is -2.53. The van der Waals surface area contributed by atoms with Gasteiger partial charge in [0.1, 0.15) is 16.5 Å². The molecule has 2 aliphatic heterocycles. The van der Waals surface area contributed by atoms with Crippen molar-refractivity contribution in [1.82, 2.24) is 19.8 Å². The number of likely N-dealkylation sites (N-methyl/N-ethyl adjacent to an activating group) is 1. The summed E-state index contributed by atoms with van der Waals surface area (Å²) in [6, 6.07) is 10.7. The molecule has 4 rings (SSSR count).